The molecular weight excluding hydrogens is 414 g/mol. The van der Waals surface area contributed by atoms with E-state index >= 15 is 0 Å². The summed E-state index contributed by atoms with van der Waals surface area (Å²) in [5.41, 5.74) is 8.26. The Balaban J connectivity index is 1.36. The molecule has 1 unspecified atom stereocenters. The highest BCUT2D eigenvalue weighted by Gasteiger charge is 2.28. The van der Waals surface area contributed by atoms with Gasteiger partial charge in [-0.25, -0.2) is 28.1 Å². The number of nitrogens with two attached hydrogens (primary N) is 1. The van der Waals surface area contributed by atoms with Gasteiger partial charge in [-0.05, 0) is 30.7 Å². The molecule has 1 aliphatic heterocycles. The van der Waals surface area contributed by atoms with Crippen LogP contribution in [0.15, 0.2) is 65.7 Å². The number of nitrogens with one attached hydrogen (secondary N) is 2. The SMILES string of the molecule is Nc1ncc(N2CCC(NS(=O)(=O)c3ccccc3)C2)nc1-c1nc2ccccc2[nH]1. The molecule has 1 aliphatic rings. The molecule has 0 radical (unpaired) electrons. The second kappa shape index (κ2) is 7.64. The highest BCUT2D eigenvalue weighted by molar-refractivity contribution is 7.89. The average Bonchev–Trinajstić information content (AvgIpc) is 3.41. The third-order valence-corrected chi connectivity index (χ3v) is 6.83. The molecule has 31 heavy (non-hydrogen) atoms. The second-order valence-electron chi connectivity index (χ2n) is 7.43. The summed E-state index contributed by atoms with van der Waals surface area (Å²) in [4.78, 5) is 19.0. The maximum absolute atomic E-state index is 12.6. The first-order chi connectivity index (χ1) is 15.0. The van der Waals surface area contributed by atoms with Gasteiger partial charge in [-0.3, -0.25) is 0 Å². The van der Waals surface area contributed by atoms with Crippen molar-refractivity contribution >= 4 is 32.7 Å². The summed E-state index contributed by atoms with van der Waals surface area (Å²) in [6, 6.07) is 15.8. The number of imidazole rings is 1. The Labute approximate surface area is 179 Å². The Bertz CT molecular complexity index is 1310. The largest absolute Gasteiger partial charge is 0.382 e. The van der Waals surface area contributed by atoms with Crippen molar-refractivity contribution < 1.29 is 8.42 Å². The highest BCUT2D eigenvalue weighted by atomic mass is 32.2. The van der Waals surface area contributed by atoms with E-state index < -0.39 is 10.0 Å². The van der Waals surface area contributed by atoms with E-state index in [2.05, 4.69) is 24.7 Å². The van der Waals surface area contributed by atoms with Crippen molar-refractivity contribution in [2.24, 2.45) is 0 Å². The fourth-order valence-corrected chi connectivity index (χ4v) is 5.02. The lowest BCUT2D eigenvalue weighted by Crippen LogP contribution is -2.37. The first-order valence-electron chi connectivity index (χ1n) is 9.89. The lowest BCUT2D eigenvalue weighted by atomic mass is 10.3. The van der Waals surface area contributed by atoms with Crippen molar-refractivity contribution in [1.82, 2.24) is 24.7 Å². The smallest absolute Gasteiger partial charge is 0.240 e. The van der Waals surface area contributed by atoms with Gasteiger partial charge < -0.3 is 15.6 Å². The summed E-state index contributed by atoms with van der Waals surface area (Å²) < 4.78 is 28.0. The number of rotatable bonds is 5. The Morgan fingerprint density at radius 2 is 1.84 bits per heavy atom. The molecule has 0 spiro atoms. The van der Waals surface area contributed by atoms with Crippen LogP contribution in [0.4, 0.5) is 11.6 Å². The standard InChI is InChI=1S/C21H21N7O2S/c22-20-19(21-24-16-8-4-5-9-17(16)25-21)26-18(12-23-20)28-11-10-14(13-28)27-31(29,30)15-6-2-1-3-7-15/h1-9,12,14,27H,10-11,13H2,(H2,22,23)(H,24,25). The molecular formula is C21H21N7O2S. The monoisotopic (exact) mass is 435 g/mol. The van der Waals surface area contributed by atoms with Gasteiger partial charge in [0.05, 0.1) is 22.1 Å². The van der Waals surface area contributed by atoms with Crippen molar-refractivity contribution in [2.75, 3.05) is 23.7 Å². The second-order valence-corrected chi connectivity index (χ2v) is 9.14. The molecule has 0 bridgehead atoms. The number of benzene rings is 2. The molecule has 10 heteroatoms. The zero-order valence-corrected chi connectivity index (χ0v) is 17.4. The van der Waals surface area contributed by atoms with Gasteiger partial charge in [0.2, 0.25) is 10.0 Å². The molecule has 1 atom stereocenters. The lowest BCUT2D eigenvalue weighted by molar-refractivity contribution is 0.561. The molecule has 4 aromatic rings. The zero-order valence-electron chi connectivity index (χ0n) is 16.6. The molecule has 0 aliphatic carbocycles. The van der Waals surface area contributed by atoms with Gasteiger partial charge in [-0.1, -0.05) is 30.3 Å². The first kappa shape index (κ1) is 19.5. The Hall–Kier alpha value is -3.50. The van der Waals surface area contributed by atoms with E-state index in [-0.39, 0.29) is 16.8 Å². The Kier molecular flexibility index (Phi) is 4.79. The van der Waals surface area contributed by atoms with Crippen LogP contribution in [-0.2, 0) is 10.0 Å². The fourth-order valence-electron chi connectivity index (χ4n) is 3.73. The number of sulfonamides is 1. The Morgan fingerprint density at radius 1 is 1.06 bits per heavy atom. The number of H-pyrrole nitrogens is 1. The first-order valence-corrected chi connectivity index (χ1v) is 11.4. The maximum Gasteiger partial charge on any atom is 0.240 e. The van der Waals surface area contributed by atoms with Crippen molar-refractivity contribution in [2.45, 2.75) is 17.4 Å². The van der Waals surface area contributed by atoms with Crippen LogP contribution in [0.25, 0.3) is 22.6 Å². The van der Waals surface area contributed by atoms with Crippen LogP contribution < -0.4 is 15.4 Å². The van der Waals surface area contributed by atoms with E-state index in [4.69, 9.17) is 5.73 Å². The number of hydrogen-bond donors (Lipinski definition) is 3. The number of para-hydroxylation sites is 2. The average molecular weight is 436 g/mol. The van der Waals surface area contributed by atoms with E-state index in [1.165, 1.54) is 0 Å². The summed E-state index contributed by atoms with van der Waals surface area (Å²) in [7, 11) is -3.57. The van der Waals surface area contributed by atoms with Crippen molar-refractivity contribution in [1.29, 1.82) is 0 Å². The lowest BCUT2D eigenvalue weighted by Gasteiger charge is -2.18. The van der Waals surface area contributed by atoms with E-state index in [0.717, 1.165) is 11.0 Å². The number of nitrogen functional groups attached to an aromatic ring is 1. The summed E-state index contributed by atoms with van der Waals surface area (Å²) in [5.74, 6) is 1.46. The maximum atomic E-state index is 12.6. The van der Waals surface area contributed by atoms with Crippen LogP contribution in [0.5, 0.6) is 0 Å². The van der Waals surface area contributed by atoms with E-state index in [1.807, 2.05) is 29.2 Å². The molecule has 2 aromatic heterocycles. The number of aromatic nitrogens is 4. The van der Waals surface area contributed by atoms with Crippen LogP contribution in [-0.4, -0.2) is 47.5 Å². The number of anilines is 2. The van der Waals surface area contributed by atoms with Crippen molar-refractivity contribution in [3.05, 3.63) is 60.8 Å². The van der Waals surface area contributed by atoms with Crippen LogP contribution in [0.2, 0.25) is 0 Å². The molecule has 5 rings (SSSR count). The van der Waals surface area contributed by atoms with Gasteiger partial charge in [0, 0.05) is 19.1 Å². The predicted molar refractivity (Wildman–Crippen MR) is 119 cm³/mol. The van der Waals surface area contributed by atoms with Crippen molar-refractivity contribution in [3.63, 3.8) is 0 Å². The predicted octanol–water partition coefficient (Wildman–Crippen LogP) is 2.16. The van der Waals surface area contributed by atoms with Crippen LogP contribution in [0.1, 0.15) is 6.42 Å². The van der Waals surface area contributed by atoms with Crippen molar-refractivity contribution in [3.8, 4) is 11.5 Å². The van der Waals surface area contributed by atoms with Gasteiger partial charge in [-0.15, -0.1) is 0 Å². The van der Waals surface area contributed by atoms with Gasteiger partial charge in [0.25, 0.3) is 0 Å². The van der Waals surface area contributed by atoms with E-state index in [9.17, 15) is 8.42 Å². The van der Waals surface area contributed by atoms with Crippen LogP contribution >= 0.6 is 0 Å². The number of hydrogen-bond acceptors (Lipinski definition) is 7. The number of nitrogens with zero attached hydrogens (tertiary/aromatic N) is 4. The molecule has 0 amide bonds. The van der Waals surface area contributed by atoms with E-state index in [0.29, 0.717) is 36.8 Å². The Morgan fingerprint density at radius 3 is 2.65 bits per heavy atom. The zero-order chi connectivity index (χ0) is 21.4. The molecule has 158 valence electrons. The minimum absolute atomic E-state index is 0.223. The summed E-state index contributed by atoms with van der Waals surface area (Å²) in [6.45, 7) is 1.14. The van der Waals surface area contributed by atoms with Gasteiger partial charge >= 0.3 is 0 Å². The van der Waals surface area contributed by atoms with Crippen LogP contribution in [0.3, 0.4) is 0 Å². The summed E-state index contributed by atoms with van der Waals surface area (Å²) in [5, 5.41) is 0. The van der Waals surface area contributed by atoms with Gasteiger partial charge in [0.1, 0.15) is 5.82 Å². The summed E-state index contributed by atoms with van der Waals surface area (Å²) >= 11 is 0. The van der Waals surface area contributed by atoms with E-state index in [1.54, 1.807) is 36.5 Å². The molecule has 3 heterocycles. The fraction of sp³-hybridized carbons (Fsp3) is 0.190. The molecule has 9 nitrogen and oxygen atoms in total. The van der Waals surface area contributed by atoms with Crippen LogP contribution in [0, 0.1) is 0 Å². The van der Waals surface area contributed by atoms with Gasteiger partial charge in [-0.2, -0.15) is 0 Å². The number of aromatic amines is 1. The minimum atomic E-state index is -3.57. The molecule has 4 N–H and O–H groups in total. The number of fused-ring (bicyclic) bond motifs is 1. The topological polar surface area (TPSA) is 130 Å². The third-order valence-electron chi connectivity index (χ3n) is 5.29. The molecule has 1 saturated heterocycles. The molecule has 0 saturated carbocycles. The summed E-state index contributed by atoms with van der Waals surface area (Å²) in [6.07, 6.45) is 2.27. The third kappa shape index (κ3) is 3.82. The van der Waals surface area contributed by atoms with Gasteiger partial charge in [0.15, 0.2) is 17.3 Å². The molecule has 2 aromatic carbocycles. The minimum Gasteiger partial charge on any atom is -0.382 e. The molecule has 1 fully saturated rings. The highest BCUT2D eigenvalue weighted by Crippen LogP contribution is 2.26. The quantitative estimate of drug-likeness (QED) is 0.438. The normalized spacial score (nSPS) is 16.8.